The zero-order valence-electron chi connectivity index (χ0n) is 12.0. The molecule has 2 fully saturated rings. The number of benzene rings is 1. The minimum Gasteiger partial charge on any atom is -0.366 e. The molecular weight excluding hydrogens is 277 g/mol. The molecule has 3 rings (SSSR count). The zero-order chi connectivity index (χ0) is 14.8. The molecule has 1 N–H and O–H groups in total. The maximum absolute atomic E-state index is 13.9. The number of nitrogens with one attached hydrogen (secondary N) is 1. The summed E-state index contributed by atoms with van der Waals surface area (Å²) in [5.74, 6) is -2.19. The summed E-state index contributed by atoms with van der Waals surface area (Å²) < 4.78 is 40.3. The maximum Gasteiger partial charge on any atom is 0.161 e. The molecule has 2 nitrogen and oxygen atoms in total. The summed E-state index contributed by atoms with van der Waals surface area (Å²) in [7, 11) is 0. The van der Waals surface area contributed by atoms with Crippen molar-refractivity contribution in [3.63, 3.8) is 0 Å². The van der Waals surface area contributed by atoms with Crippen LogP contribution in [0.25, 0.3) is 0 Å². The third-order valence-electron chi connectivity index (χ3n) is 4.75. The van der Waals surface area contributed by atoms with Crippen molar-refractivity contribution >= 4 is 5.69 Å². The van der Waals surface area contributed by atoms with Crippen molar-refractivity contribution in [2.45, 2.75) is 38.1 Å². The highest BCUT2D eigenvalue weighted by Crippen LogP contribution is 2.30. The molecule has 1 aliphatic carbocycles. The lowest BCUT2D eigenvalue weighted by molar-refractivity contribution is 0.256. The Hall–Kier alpha value is -1.23. The van der Waals surface area contributed by atoms with Crippen LogP contribution in [-0.4, -0.2) is 25.7 Å². The second-order valence-corrected chi connectivity index (χ2v) is 6.12. The fraction of sp³-hybridized carbons (Fsp3) is 0.625. The molecule has 1 aromatic rings. The fourth-order valence-corrected chi connectivity index (χ4v) is 3.60. The fourth-order valence-electron chi connectivity index (χ4n) is 3.60. The summed E-state index contributed by atoms with van der Waals surface area (Å²) in [4.78, 5) is 1.84. The van der Waals surface area contributed by atoms with Crippen molar-refractivity contribution in [1.29, 1.82) is 0 Å². The van der Waals surface area contributed by atoms with E-state index in [1.54, 1.807) is 0 Å². The number of anilines is 1. The first-order chi connectivity index (χ1) is 10.1. The van der Waals surface area contributed by atoms with E-state index in [1.807, 2.05) is 4.90 Å². The topological polar surface area (TPSA) is 15.3 Å². The lowest BCUT2D eigenvalue weighted by Crippen LogP contribution is -2.54. The molecule has 2 aliphatic rings. The summed E-state index contributed by atoms with van der Waals surface area (Å²) in [6.45, 7) is 2.03. The Morgan fingerprint density at radius 1 is 0.952 bits per heavy atom. The van der Waals surface area contributed by atoms with E-state index >= 15 is 0 Å². The minimum absolute atomic E-state index is 0.177. The van der Waals surface area contributed by atoms with Gasteiger partial charge >= 0.3 is 0 Å². The van der Waals surface area contributed by atoms with E-state index in [4.69, 9.17) is 0 Å². The van der Waals surface area contributed by atoms with Gasteiger partial charge in [0.2, 0.25) is 0 Å². The minimum atomic E-state index is -1.13. The van der Waals surface area contributed by atoms with E-state index in [-0.39, 0.29) is 5.69 Å². The predicted octanol–water partition coefficient (Wildman–Crippen LogP) is 3.46. The van der Waals surface area contributed by atoms with Gasteiger partial charge < -0.3 is 10.2 Å². The Labute approximate surface area is 123 Å². The van der Waals surface area contributed by atoms with Crippen LogP contribution in [0, 0.1) is 23.4 Å². The van der Waals surface area contributed by atoms with E-state index in [9.17, 15) is 13.2 Å². The van der Waals surface area contributed by atoms with Crippen molar-refractivity contribution < 1.29 is 13.2 Å². The number of hydrogen-bond acceptors (Lipinski definition) is 2. The van der Waals surface area contributed by atoms with E-state index in [2.05, 4.69) is 5.32 Å². The van der Waals surface area contributed by atoms with Crippen LogP contribution < -0.4 is 10.2 Å². The number of hydrogen-bond donors (Lipinski definition) is 1. The van der Waals surface area contributed by atoms with Crippen molar-refractivity contribution in [2.24, 2.45) is 5.92 Å². The Kier molecular flexibility index (Phi) is 4.38. The maximum atomic E-state index is 13.9. The van der Waals surface area contributed by atoms with E-state index in [1.165, 1.54) is 32.1 Å². The number of nitrogens with zero attached hydrogens (tertiary/aromatic N) is 1. The molecule has 1 aromatic carbocycles. The van der Waals surface area contributed by atoms with Crippen LogP contribution in [0.3, 0.4) is 0 Å². The molecule has 1 heterocycles. The lowest BCUT2D eigenvalue weighted by Gasteiger charge is -2.40. The average Bonchev–Trinajstić information content (AvgIpc) is 2.52. The molecule has 1 atom stereocenters. The number of rotatable bonds is 2. The molecule has 1 saturated carbocycles. The first kappa shape index (κ1) is 14.7. The van der Waals surface area contributed by atoms with E-state index in [0.29, 0.717) is 31.1 Å². The molecule has 116 valence electrons. The Morgan fingerprint density at radius 2 is 1.67 bits per heavy atom. The SMILES string of the molecule is Fc1cc(F)c(N2CCNC(C3CCCCC3)C2)cc1F. The van der Waals surface area contributed by atoms with Gasteiger partial charge in [-0.05, 0) is 18.8 Å². The quantitative estimate of drug-likeness (QED) is 0.841. The van der Waals surface area contributed by atoms with Gasteiger partial charge in [0.25, 0.3) is 0 Å². The third-order valence-corrected chi connectivity index (χ3v) is 4.75. The summed E-state index contributed by atoms with van der Waals surface area (Å²) in [5, 5.41) is 3.50. The lowest BCUT2D eigenvalue weighted by atomic mass is 9.83. The van der Waals surface area contributed by atoms with Crippen LogP contribution in [0.2, 0.25) is 0 Å². The zero-order valence-corrected chi connectivity index (χ0v) is 12.0. The largest absolute Gasteiger partial charge is 0.366 e. The van der Waals surface area contributed by atoms with E-state index < -0.39 is 17.5 Å². The third kappa shape index (κ3) is 3.18. The van der Waals surface area contributed by atoms with Crippen molar-refractivity contribution in [2.75, 3.05) is 24.5 Å². The molecule has 0 amide bonds. The highest BCUT2D eigenvalue weighted by atomic mass is 19.2. The highest BCUT2D eigenvalue weighted by molar-refractivity contribution is 5.49. The van der Waals surface area contributed by atoms with Crippen LogP contribution in [0.5, 0.6) is 0 Å². The van der Waals surface area contributed by atoms with Gasteiger partial charge in [-0.2, -0.15) is 0 Å². The van der Waals surface area contributed by atoms with Gasteiger partial charge in [0.05, 0.1) is 5.69 Å². The van der Waals surface area contributed by atoms with Crippen LogP contribution in [0.4, 0.5) is 18.9 Å². The standard InChI is InChI=1S/C16H21F3N2/c17-12-8-14(19)16(9-13(12)18)21-7-6-20-15(10-21)11-4-2-1-3-5-11/h8-9,11,15,20H,1-7,10H2. The van der Waals surface area contributed by atoms with Gasteiger partial charge in [-0.3, -0.25) is 0 Å². The van der Waals surface area contributed by atoms with Gasteiger partial charge in [-0.15, -0.1) is 0 Å². The second-order valence-electron chi connectivity index (χ2n) is 6.12. The molecule has 0 aromatic heterocycles. The van der Waals surface area contributed by atoms with Crippen LogP contribution in [0.15, 0.2) is 12.1 Å². The van der Waals surface area contributed by atoms with Gasteiger partial charge in [0.1, 0.15) is 5.82 Å². The molecule has 1 saturated heterocycles. The van der Waals surface area contributed by atoms with Crippen LogP contribution >= 0.6 is 0 Å². The normalized spacial score (nSPS) is 24.3. The van der Waals surface area contributed by atoms with Gasteiger partial charge in [0.15, 0.2) is 11.6 Å². The first-order valence-electron chi connectivity index (χ1n) is 7.78. The highest BCUT2D eigenvalue weighted by Gasteiger charge is 2.29. The van der Waals surface area contributed by atoms with Crippen molar-refractivity contribution in [1.82, 2.24) is 5.32 Å². The van der Waals surface area contributed by atoms with Gasteiger partial charge in [-0.1, -0.05) is 19.3 Å². The summed E-state index contributed by atoms with van der Waals surface area (Å²) in [6.07, 6.45) is 6.20. The number of halogens is 3. The van der Waals surface area contributed by atoms with Crippen molar-refractivity contribution in [3.8, 4) is 0 Å². The van der Waals surface area contributed by atoms with E-state index in [0.717, 1.165) is 12.6 Å². The smallest absolute Gasteiger partial charge is 0.161 e. The van der Waals surface area contributed by atoms with Crippen LogP contribution in [0.1, 0.15) is 32.1 Å². The first-order valence-corrected chi connectivity index (χ1v) is 7.78. The van der Waals surface area contributed by atoms with Crippen LogP contribution in [-0.2, 0) is 0 Å². The summed E-state index contributed by atoms with van der Waals surface area (Å²) in [5.41, 5.74) is 0.177. The molecule has 0 spiro atoms. The van der Waals surface area contributed by atoms with Crippen molar-refractivity contribution in [3.05, 3.63) is 29.6 Å². The predicted molar refractivity (Wildman–Crippen MR) is 76.9 cm³/mol. The molecule has 1 aliphatic heterocycles. The monoisotopic (exact) mass is 298 g/mol. The molecule has 21 heavy (non-hydrogen) atoms. The Morgan fingerprint density at radius 3 is 2.43 bits per heavy atom. The number of piperazine rings is 1. The van der Waals surface area contributed by atoms with Gasteiger partial charge in [0, 0.05) is 37.8 Å². The Balaban J connectivity index is 1.75. The molecular formula is C16H21F3N2. The Bertz CT molecular complexity index is 501. The average molecular weight is 298 g/mol. The molecule has 5 heteroatoms. The molecule has 0 bridgehead atoms. The molecule has 1 unspecified atom stereocenters. The summed E-state index contributed by atoms with van der Waals surface area (Å²) >= 11 is 0. The molecule has 0 radical (unpaired) electrons. The van der Waals surface area contributed by atoms with Gasteiger partial charge in [-0.25, -0.2) is 13.2 Å². The second kappa shape index (κ2) is 6.26. The summed E-state index contributed by atoms with van der Waals surface area (Å²) in [6, 6.07) is 1.93.